The van der Waals surface area contributed by atoms with Gasteiger partial charge in [-0.25, -0.2) is 9.37 Å². The molecule has 3 saturated heterocycles. The molecule has 6 N–H and O–H groups in total. The summed E-state index contributed by atoms with van der Waals surface area (Å²) >= 11 is 0. The third-order valence-corrected chi connectivity index (χ3v) is 8.18. The summed E-state index contributed by atoms with van der Waals surface area (Å²) in [6, 6.07) is 4.52. The second kappa shape index (κ2) is 10.4. The number of hydrogen-bond donors (Lipinski definition) is 5. The van der Waals surface area contributed by atoms with Crippen molar-refractivity contribution in [2.75, 3.05) is 38.2 Å². The minimum absolute atomic E-state index is 0.00313. The molecule has 2 aliphatic carbocycles. The topological polar surface area (TPSA) is 132 Å². The molecule has 2 aromatic rings. The average molecular weight is 548 g/mol. The number of piperazine rings is 1. The van der Waals surface area contributed by atoms with Gasteiger partial charge in [0, 0.05) is 48.1 Å². The van der Waals surface area contributed by atoms with E-state index in [1.165, 1.54) is 0 Å². The Hall–Kier alpha value is -3.67. The predicted molar refractivity (Wildman–Crippen MR) is 151 cm³/mol. The molecule has 2 atom stereocenters. The Morgan fingerprint density at radius 3 is 2.77 bits per heavy atom. The summed E-state index contributed by atoms with van der Waals surface area (Å²) in [5, 5.41) is 20.3. The Balaban J connectivity index is 1.34. The van der Waals surface area contributed by atoms with Gasteiger partial charge in [-0.3, -0.25) is 10.2 Å². The quantitative estimate of drug-likeness (QED) is 0.355. The van der Waals surface area contributed by atoms with Gasteiger partial charge in [0.05, 0.1) is 29.2 Å². The fraction of sp³-hybridized carbons (Fsp3) is 0.448. The molecule has 1 aromatic heterocycles. The number of quaternary nitrogens is 1. The van der Waals surface area contributed by atoms with Crippen molar-refractivity contribution < 1.29 is 19.2 Å². The summed E-state index contributed by atoms with van der Waals surface area (Å²) in [6.07, 6.45) is 8.33. The molecule has 10 nitrogen and oxygen atoms in total. The molecule has 1 aromatic carbocycles. The summed E-state index contributed by atoms with van der Waals surface area (Å²) in [6.45, 7) is 7.43. The lowest BCUT2D eigenvalue weighted by molar-refractivity contribution is -0.556. The van der Waals surface area contributed by atoms with Crippen LogP contribution in [0.2, 0.25) is 0 Å². The summed E-state index contributed by atoms with van der Waals surface area (Å²) in [7, 11) is 1.79. The number of allylic oxidation sites excluding steroid dienone is 4. The fourth-order valence-electron chi connectivity index (χ4n) is 6.42. The minimum atomic E-state index is -0.704. The fourth-order valence-corrected chi connectivity index (χ4v) is 6.42. The van der Waals surface area contributed by atoms with Gasteiger partial charge in [0.1, 0.15) is 18.5 Å². The van der Waals surface area contributed by atoms with Gasteiger partial charge in [-0.2, -0.15) is 4.98 Å². The van der Waals surface area contributed by atoms with E-state index in [1.807, 2.05) is 6.07 Å². The van der Waals surface area contributed by atoms with Gasteiger partial charge in [0.2, 0.25) is 0 Å². The highest BCUT2D eigenvalue weighted by Gasteiger charge is 2.50. The summed E-state index contributed by atoms with van der Waals surface area (Å²) < 4.78 is 20.5. The molecule has 1 amide bonds. The third-order valence-electron chi connectivity index (χ3n) is 8.18. The number of carbonyl (C=O) groups is 1. The maximum absolute atomic E-state index is 14.5. The molecule has 4 heterocycles. The number of amides is 1. The van der Waals surface area contributed by atoms with Crippen LogP contribution in [0.3, 0.4) is 0 Å². The van der Waals surface area contributed by atoms with Gasteiger partial charge in [0.25, 0.3) is 5.91 Å². The van der Waals surface area contributed by atoms with Crippen molar-refractivity contribution in [3.63, 3.8) is 0 Å². The Labute approximate surface area is 232 Å². The Bertz CT molecular complexity index is 1450. The van der Waals surface area contributed by atoms with Crippen LogP contribution < -0.4 is 30.9 Å². The lowest BCUT2D eigenvalue weighted by atomic mass is 9.74. The zero-order chi connectivity index (χ0) is 28.0. The van der Waals surface area contributed by atoms with Crippen LogP contribution in [-0.2, 0) is 0 Å². The van der Waals surface area contributed by atoms with Crippen LogP contribution in [0.5, 0.6) is 6.01 Å². The molecule has 3 aliphatic heterocycles. The number of nitrogens with zero attached hydrogens (tertiary/aromatic N) is 3. The molecule has 0 radical (unpaired) electrons. The van der Waals surface area contributed by atoms with Crippen molar-refractivity contribution in [2.24, 2.45) is 5.92 Å². The Morgan fingerprint density at radius 2 is 2.08 bits per heavy atom. The molecular formula is C29H36FN8O2+. The number of nitrogens with two attached hydrogens (primary N) is 1. The number of anilines is 1. The maximum Gasteiger partial charge on any atom is 0.317 e. The third kappa shape index (κ3) is 5.00. The number of aromatic nitrogens is 2. The normalized spacial score (nSPS) is 28.8. The van der Waals surface area contributed by atoms with Crippen LogP contribution >= 0.6 is 0 Å². The predicted octanol–water partition coefficient (Wildman–Crippen LogP) is 1.52. The molecule has 5 aliphatic rings. The van der Waals surface area contributed by atoms with E-state index in [1.54, 1.807) is 36.9 Å². The van der Waals surface area contributed by atoms with Gasteiger partial charge in [0.15, 0.2) is 5.83 Å². The molecule has 4 fully saturated rings. The highest BCUT2D eigenvalue weighted by atomic mass is 19.1. The van der Waals surface area contributed by atoms with Gasteiger partial charge in [-0.1, -0.05) is 0 Å². The van der Waals surface area contributed by atoms with Crippen molar-refractivity contribution in [1.82, 2.24) is 25.9 Å². The first-order chi connectivity index (χ1) is 19.2. The number of carbonyl (C=O) groups excluding carboxylic acids is 1. The van der Waals surface area contributed by atoms with E-state index >= 15 is 0 Å². The average Bonchev–Trinajstić information content (AvgIpc) is 3.51. The summed E-state index contributed by atoms with van der Waals surface area (Å²) in [4.78, 5) is 25.2. The van der Waals surface area contributed by atoms with Gasteiger partial charge in [-0.15, -0.1) is 0 Å². The van der Waals surface area contributed by atoms with E-state index in [-0.39, 0.29) is 23.0 Å². The molecule has 2 bridgehead atoms. The summed E-state index contributed by atoms with van der Waals surface area (Å²) in [5.74, 6) is -0.404. The van der Waals surface area contributed by atoms with Gasteiger partial charge in [-0.05, 0) is 63.4 Å². The van der Waals surface area contributed by atoms with Crippen molar-refractivity contribution in [2.45, 2.75) is 44.3 Å². The number of fused-ring (bicyclic) bond motifs is 2. The number of ether oxygens (including phenoxy) is 1. The Kier molecular flexibility index (Phi) is 6.89. The smallest absolute Gasteiger partial charge is 0.317 e. The van der Waals surface area contributed by atoms with E-state index in [9.17, 15) is 9.18 Å². The number of nitrogens with one attached hydrogen (secondary N) is 4. The number of benzene rings is 1. The van der Waals surface area contributed by atoms with Crippen molar-refractivity contribution in [3.8, 4) is 6.01 Å². The highest BCUT2D eigenvalue weighted by molar-refractivity contribution is 6.13. The zero-order valence-electron chi connectivity index (χ0n) is 23.1. The second-order valence-corrected chi connectivity index (χ2v) is 11.5. The first-order valence-corrected chi connectivity index (χ1v) is 13.9. The SMILES string of the molecule is C[NH2+]/C=C1/C=C(NC(=O)c2ccc(N3C[C@@H](C)N[C@@H](C)C3)c3cnc(OCC45CC(CN4)C5)nc23)C=C(F)C1=N. The van der Waals surface area contributed by atoms with Gasteiger partial charge < -0.3 is 30.9 Å². The molecule has 0 unspecified atom stereocenters. The molecule has 1 saturated carbocycles. The first-order valence-electron chi connectivity index (χ1n) is 13.9. The lowest BCUT2D eigenvalue weighted by Gasteiger charge is -2.38. The van der Waals surface area contributed by atoms with Crippen LogP contribution in [-0.4, -0.2) is 72.5 Å². The van der Waals surface area contributed by atoms with Crippen LogP contribution in [0.4, 0.5) is 10.1 Å². The monoisotopic (exact) mass is 547 g/mol. The maximum atomic E-state index is 14.5. The van der Waals surface area contributed by atoms with Crippen molar-refractivity contribution in [3.05, 3.63) is 59.3 Å². The molecule has 0 spiro atoms. The molecule has 7 rings (SSSR count). The number of hydrogen-bond acceptors (Lipinski definition) is 8. The van der Waals surface area contributed by atoms with E-state index in [0.717, 1.165) is 55.5 Å². The number of rotatable bonds is 7. The minimum Gasteiger partial charge on any atom is -0.461 e. The van der Waals surface area contributed by atoms with E-state index in [2.05, 4.69) is 39.7 Å². The summed E-state index contributed by atoms with van der Waals surface area (Å²) in [5.41, 5.74) is 2.21. The van der Waals surface area contributed by atoms with Crippen LogP contribution in [0.1, 0.15) is 37.0 Å². The van der Waals surface area contributed by atoms with E-state index < -0.39 is 11.7 Å². The first kappa shape index (κ1) is 26.5. The molecule has 40 heavy (non-hydrogen) atoms. The van der Waals surface area contributed by atoms with E-state index in [0.29, 0.717) is 35.3 Å². The largest absolute Gasteiger partial charge is 0.461 e. The van der Waals surface area contributed by atoms with Crippen molar-refractivity contribution >= 4 is 28.2 Å². The number of halogens is 1. The Morgan fingerprint density at radius 1 is 1.30 bits per heavy atom. The zero-order valence-corrected chi connectivity index (χ0v) is 23.1. The van der Waals surface area contributed by atoms with Crippen LogP contribution in [0.25, 0.3) is 10.9 Å². The standard InChI is InChI=1S/C29H35FN8O2/c1-16-13-38(14-17(2)35-16)24-5-4-21(27(39)36-20-6-19(11-32-3)25(31)23(30)7-20)26-22(24)12-33-28(37-26)40-15-29-8-18(9-29)10-34-29/h4-7,11-12,16-18,31-32,34-35H,8-10,13-15H2,1-3H3,(H,36,39)/p+1/b19-11-,31-25?/t16-,17+,18?,29?. The van der Waals surface area contributed by atoms with Gasteiger partial charge >= 0.3 is 6.01 Å². The highest BCUT2D eigenvalue weighted by Crippen LogP contribution is 2.43. The van der Waals surface area contributed by atoms with Crippen LogP contribution in [0.15, 0.2) is 53.8 Å². The lowest BCUT2D eigenvalue weighted by Crippen LogP contribution is -2.73. The second-order valence-electron chi connectivity index (χ2n) is 11.5. The van der Waals surface area contributed by atoms with Crippen molar-refractivity contribution in [1.29, 1.82) is 5.41 Å². The van der Waals surface area contributed by atoms with E-state index in [4.69, 9.17) is 15.1 Å². The molecule has 11 heteroatoms. The molecular weight excluding hydrogens is 511 g/mol. The van der Waals surface area contributed by atoms with Crippen LogP contribution in [0, 0.1) is 11.3 Å². The molecule has 210 valence electrons.